The lowest BCUT2D eigenvalue weighted by Gasteiger charge is -2.18. The van der Waals surface area contributed by atoms with Crippen molar-refractivity contribution >= 4 is 0 Å². The van der Waals surface area contributed by atoms with E-state index < -0.39 is 0 Å². The van der Waals surface area contributed by atoms with Crippen molar-refractivity contribution in [3.8, 4) is 0 Å². The smallest absolute Gasteiger partial charge is 0.0286 e. The molecule has 0 aromatic carbocycles. The summed E-state index contributed by atoms with van der Waals surface area (Å²) in [5.74, 6) is 2.09. The molecule has 0 aromatic heterocycles. The first-order valence-electron chi connectivity index (χ1n) is 5.69. The van der Waals surface area contributed by atoms with Crippen LogP contribution in [0.1, 0.15) is 44.9 Å². The van der Waals surface area contributed by atoms with Gasteiger partial charge >= 0.3 is 0 Å². The molecule has 1 saturated carbocycles. The van der Waals surface area contributed by atoms with Crippen molar-refractivity contribution in [2.45, 2.75) is 44.9 Å². The third-order valence-electron chi connectivity index (χ3n) is 3.66. The van der Waals surface area contributed by atoms with Crippen molar-refractivity contribution < 1.29 is 0 Å². The normalized spacial score (nSPS) is 30.6. The monoisotopic (exact) mass is 176 g/mol. The molecule has 0 spiro atoms. The molecule has 0 amide bonds. The maximum absolute atomic E-state index is 3.76. The fourth-order valence-corrected chi connectivity index (χ4v) is 2.88. The predicted octanol–water partition coefficient (Wildman–Crippen LogP) is 4.09. The van der Waals surface area contributed by atoms with E-state index >= 15 is 0 Å². The van der Waals surface area contributed by atoms with Gasteiger partial charge in [0.2, 0.25) is 0 Å². The van der Waals surface area contributed by atoms with E-state index in [1.165, 1.54) is 44.9 Å². The predicted molar refractivity (Wildman–Crippen MR) is 57.6 cm³/mol. The van der Waals surface area contributed by atoms with E-state index in [0.29, 0.717) is 0 Å². The van der Waals surface area contributed by atoms with Gasteiger partial charge in [-0.3, -0.25) is 0 Å². The molecule has 0 nitrogen and oxygen atoms in total. The summed E-state index contributed by atoms with van der Waals surface area (Å²) in [4.78, 5) is 0. The SMILES string of the molecule is C=CCCCCC1CC2=CCC1C2. The zero-order valence-electron chi connectivity index (χ0n) is 8.47. The second-order valence-electron chi connectivity index (χ2n) is 4.60. The Morgan fingerprint density at radius 2 is 2.31 bits per heavy atom. The maximum atomic E-state index is 3.76. The molecule has 2 aliphatic rings. The molecule has 0 N–H and O–H groups in total. The van der Waals surface area contributed by atoms with Gasteiger partial charge in [-0.1, -0.05) is 24.1 Å². The van der Waals surface area contributed by atoms with Gasteiger partial charge in [-0.2, -0.15) is 0 Å². The van der Waals surface area contributed by atoms with E-state index in [0.717, 1.165) is 11.8 Å². The van der Waals surface area contributed by atoms with E-state index in [1.807, 2.05) is 6.08 Å². The van der Waals surface area contributed by atoms with Crippen LogP contribution in [0.2, 0.25) is 0 Å². The Bertz CT molecular complexity index is 212. The van der Waals surface area contributed by atoms with E-state index in [2.05, 4.69) is 12.7 Å². The molecular formula is C13H20. The number of allylic oxidation sites excluding steroid dienone is 3. The molecule has 2 aliphatic carbocycles. The Labute approximate surface area is 81.7 Å². The van der Waals surface area contributed by atoms with Crippen LogP contribution in [0.15, 0.2) is 24.3 Å². The molecule has 2 rings (SSSR count). The summed E-state index contributed by atoms with van der Waals surface area (Å²) in [5, 5.41) is 0. The molecule has 2 bridgehead atoms. The Balaban J connectivity index is 1.66. The van der Waals surface area contributed by atoms with Crippen molar-refractivity contribution in [1.29, 1.82) is 0 Å². The molecular weight excluding hydrogens is 156 g/mol. The lowest BCUT2D eigenvalue weighted by molar-refractivity contribution is 0.354. The highest BCUT2D eigenvalue weighted by atomic mass is 14.4. The van der Waals surface area contributed by atoms with Gasteiger partial charge in [0.1, 0.15) is 0 Å². The van der Waals surface area contributed by atoms with Crippen LogP contribution in [0.25, 0.3) is 0 Å². The van der Waals surface area contributed by atoms with Crippen LogP contribution in [-0.4, -0.2) is 0 Å². The summed E-state index contributed by atoms with van der Waals surface area (Å²) >= 11 is 0. The highest BCUT2D eigenvalue weighted by Gasteiger charge is 2.32. The standard InChI is InChI=1S/C13H20/c1-2-3-4-5-6-12-9-11-7-8-13(12)10-11/h2,7,12-13H,1,3-6,8-10H2. The zero-order valence-corrected chi connectivity index (χ0v) is 8.47. The minimum atomic E-state index is 1.04. The highest BCUT2D eigenvalue weighted by Crippen LogP contribution is 2.46. The zero-order chi connectivity index (χ0) is 9.10. The van der Waals surface area contributed by atoms with Crippen LogP contribution in [0.3, 0.4) is 0 Å². The van der Waals surface area contributed by atoms with Crippen LogP contribution in [0.4, 0.5) is 0 Å². The molecule has 0 heteroatoms. The summed E-state index contributed by atoms with van der Waals surface area (Å²) < 4.78 is 0. The van der Waals surface area contributed by atoms with Gasteiger partial charge in [0.25, 0.3) is 0 Å². The third-order valence-corrected chi connectivity index (χ3v) is 3.66. The van der Waals surface area contributed by atoms with E-state index in [4.69, 9.17) is 0 Å². The number of rotatable bonds is 5. The quantitative estimate of drug-likeness (QED) is 0.437. The Kier molecular flexibility index (Phi) is 2.87. The lowest BCUT2D eigenvalue weighted by atomic mass is 9.87. The topological polar surface area (TPSA) is 0 Å². The van der Waals surface area contributed by atoms with E-state index in [1.54, 1.807) is 5.57 Å². The first-order chi connectivity index (χ1) is 6.40. The summed E-state index contributed by atoms with van der Waals surface area (Å²) in [6.07, 6.45) is 14.2. The van der Waals surface area contributed by atoms with Crippen molar-refractivity contribution in [3.05, 3.63) is 24.3 Å². The fraction of sp³-hybridized carbons (Fsp3) is 0.692. The molecule has 72 valence electrons. The molecule has 0 saturated heterocycles. The molecule has 2 unspecified atom stereocenters. The number of unbranched alkanes of at least 4 members (excludes halogenated alkanes) is 2. The van der Waals surface area contributed by atoms with Crippen molar-refractivity contribution in [2.75, 3.05) is 0 Å². The summed E-state index contributed by atoms with van der Waals surface area (Å²) in [6.45, 7) is 3.76. The van der Waals surface area contributed by atoms with E-state index in [9.17, 15) is 0 Å². The van der Waals surface area contributed by atoms with Gasteiger partial charge in [-0.15, -0.1) is 6.58 Å². The first-order valence-corrected chi connectivity index (χ1v) is 5.69. The lowest BCUT2D eigenvalue weighted by Crippen LogP contribution is -2.07. The number of hydrogen-bond donors (Lipinski definition) is 0. The molecule has 1 fully saturated rings. The van der Waals surface area contributed by atoms with Crippen LogP contribution in [0, 0.1) is 11.8 Å². The summed E-state index contributed by atoms with van der Waals surface area (Å²) in [7, 11) is 0. The van der Waals surface area contributed by atoms with Crippen LogP contribution in [-0.2, 0) is 0 Å². The Morgan fingerprint density at radius 1 is 1.38 bits per heavy atom. The number of hydrogen-bond acceptors (Lipinski definition) is 0. The van der Waals surface area contributed by atoms with Gasteiger partial charge in [0, 0.05) is 0 Å². The van der Waals surface area contributed by atoms with Crippen molar-refractivity contribution in [2.24, 2.45) is 11.8 Å². The average molecular weight is 176 g/mol. The van der Waals surface area contributed by atoms with Crippen molar-refractivity contribution in [3.63, 3.8) is 0 Å². The fourth-order valence-electron chi connectivity index (χ4n) is 2.88. The van der Waals surface area contributed by atoms with Crippen LogP contribution >= 0.6 is 0 Å². The molecule has 13 heavy (non-hydrogen) atoms. The minimum Gasteiger partial charge on any atom is -0.103 e. The molecule has 0 radical (unpaired) electrons. The third kappa shape index (κ3) is 2.04. The Hall–Kier alpha value is -0.520. The highest BCUT2D eigenvalue weighted by molar-refractivity contribution is 5.18. The second kappa shape index (κ2) is 4.13. The maximum Gasteiger partial charge on any atom is -0.0286 e. The van der Waals surface area contributed by atoms with E-state index in [-0.39, 0.29) is 0 Å². The van der Waals surface area contributed by atoms with Crippen LogP contribution in [0.5, 0.6) is 0 Å². The van der Waals surface area contributed by atoms with Gasteiger partial charge in [-0.05, 0) is 50.4 Å². The Morgan fingerprint density at radius 3 is 2.92 bits per heavy atom. The van der Waals surface area contributed by atoms with Gasteiger partial charge < -0.3 is 0 Å². The van der Waals surface area contributed by atoms with Crippen LogP contribution < -0.4 is 0 Å². The molecule has 2 atom stereocenters. The van der Waals surface area contributed by atoms with Gasteiger partial charge in [0.05, 0.1) is 0 Å². The largest absolute Gasteiger partial charge is 0.103 e. The van der Waals surface area contributed by atoms with Gasteiger partial charge in [-0.25, -0.2) is 0 Å². The molecule has 0 aromatic rings. The van der Waals surface area contributed by atoms with Gasteiger partial charge in [0.15, 0.2) is 0 Å². The summed E-state index contributed by atoms with van der Waals surface area (Å²) in [6, 6.07) is 0. The second-order valence-corrected chi connectivity index (χ2v) is 4.60. The minimum absolute atomic E-state index is 1.04. The average Bonchev–Trinajstić information content (AvgIpc) is 2.73. The molecule has 0 aliphatic heterocycles. The molecule has 0 heterocycles. The summed E-state index contributed by atoms with van der Waals surface area (Å²) in [5.41, 5.74) is 1.76. The van der Waals surface area contributed by atoms with Crippen molar-refractivity contribution in [1.82, 2.24) is 0 Å². The first kappa shape index (κ1) is 9.05. The number of fused-ring (bicyclic) bond motifs is 2.